The molecule has 6 nitrogen and oxygen atoms in total. The third-order valence-corrected chi connectivity index (χ3v) is 4.88. The van der Waals surface area contributed by atoms with Crippen molar-refractivity contribution in [1.29, 1.82) is 0 Å². The van der Waals surface area contributed by atoms with Crippen molar-refractivity contribution in [3.63, 3.8) is 0 Å². The minimum absolute atomic E-state index is 0.320. The summed E-state index contributed by atoms with van der Waals surface area (Å²) in [5.74, 6) is 2.17. The summed E-state index contributed by atoms with van der Waals surface area (Å²) >= 11 is 1.53. The van der Waals surface area contributed by atoms with Crippen LogP contribution < -0.4 is 14.9 Å². The Labute approximate surface area is 148 Å². The number of hydrogen-bond donors (Lipinski definition) is 1. The molecule has 25 heavy (non-hydrogen) atoms. The Kier molecular flexibility index (Phi) is 3.38. The van der Waals surface area contributed by atoms with Crippen molar-refractivity contribution < 1.29 is 9.47 Å². The van der Waals surface area contributed by atoms with Gasteiger partial charge in [0.25, 0.3) is 0 Å². The van der Waals surface area contributed by atoms with Gasteiger partial charge in [-0.1, -0.05) is 54.2 Å². The van der Waals surface area contributed by atoms with Gasteiger partial charge in [-0.15, -0.1) is 10.2 Å². The number of para-hydroxylation sites is 2. The fourth-order valence-corrected chi connectivity index (χ4v) is 3.57. The van der Waals surface area contributed by atoms with Gasteiger partial charge in [0.05, 0.1) is 5.70 Å². The zero-order chi connectivity index (χ0) is 16.6. The molecule has 0 radical (unpaired) electrons. The zero-order valence-corrected chi connectivity index (χ0v) is 13.9. The van der Waals surface area contributed by atoms with Gasteiger partial charge in [0.15, 0.2) is 23.4 Å². The first-order valence-corrected chi connectivity index (χ1v) is 8.79. The van der Waals surface area contributed by atoms with Crippen molar-refractivity contribution in [2.24, 2.45) is 0 Å². The van der Waals surface area contributed by atoms with E-state index in [0.717, 1.165) is 27.9 Å². The summed E-state index contributed by atoms with van der Waals surface area (Å²) in [6.45, 7) is 0.395. The number of ether oxygens (including phenoxy) is 2. The molecule has 0 amide bonds. The molecule has 2 aliphatic rings. The molecule has 1 aromatic heterocycles. The molecule has 3 aromatic rings. The van der Waals surface area contributed by atoms with Crippen LogP contribution >= 0.6 is 11.8 Å². The van der Waals surface area contributed by atoms with Crippen molar-refractivity contribution in [1.82, 2.24) is 14.9 Å². The first-order valence-electron chi connectivity index (χ1n) is 7.91. The summed E-state index contributed by atoms with van der Waals surface area (Å²) in [5.41, 5.74) is 5.48. The largest absolute Gasteiger partial charge is 0.485 e. The molecule has 0 bridgehead atoms. The highest BCUT2D eigenvalue weighted by Gasteiger charge is 2.30. The molecule has 124 valence electrons. The SMILES string of the molecule is C1=C(c2ccccc2)Nn2c(nnc2[C@H]2COc3ccccc3O2)S1. The van der Waals surface area contributed by atoms with Gasteiger partial charge in [-0.05, 0) is 17.7 Å². The van der Waals surface area contributed by atoms with Crippen LogP contribution in [-0.4, -0.2) is 21.5 Å². The lowest BCUT2D eigenvalue weighted by Crippen LogP contribution is -2.28. The molecule has 2 aliphatic heterocycles. The van der Waals surface area contributed by atoms with Crippen LogP contribution in [0.2, 0.25) is 0 Å². The van der Waals surface area contributed by atoms with Crippen LogP contribution in [0.4, 0.5) is 0 Å². The molecule has 1 N–H and O–H groups in total. The van der Waals surface area contributed by atoms with Crippen LogP contribution in [-0.2, 0) is 0 Å². The molecule has 0 saturated heterocycles. The molecule has 7 heteroatoms. The van der Waals surface area contributed by atoms with Gasteiger partial charge >= 0.3 is 0 Å². The number of benzene rings is 2. The molecule has 5 rings (SSSR count). The predicted octanol–water partition coefficient (Wildman–Crippen LogP) is 3.44. The third kappa shape index (κ3) is 2.53. The number of nitrogens with one attached hydrogen (secondary N) is 1. The van der Waals surface area contributed by atoms with E-state index in [4.69, 9.17) is 9.47 Å². The van der Waals surface area contributed by atoms with Crippen molar-refractivity contribution in [3.8, 4) is 11.5 Å². The standard InChI is InChI=1S/C18H14N4O2S/c1-2-6-12(7-3-1)13-11-25-18-20-19-17(22(18)21-13)16-10-23-14-8-4-5-9-15(14)24-16/h1-9,11,16,21H,10H2/t16-/m1/s1. The summed E-state index contributed by atoms with van der Waals surface area (Å²) in [6, 6.07) is 17.8. The summed E-state index contributed by atoms with van der Waals surface area (Å²) in [5, 5.41) is 11.4. The fourth-order valence-electron chi connectivity index (χ4n) is 2.83. The molecular weight excluding hydrogens is 336 g/mol. The van der Waals surface area contributed by atoms with E-state index >= 15 is 0 Å². The molecule has 0 spiro atoms. The van der Waals surface area contributed by atoms with Crippen molar-refractivity contribution in [2.45, 2.75) is 11.3 Å². The molecule has 0 fully saturated rings. The average Bonchev–Trinajstić information content (AvgIpc) is 3.11. The topological polar surface area (TPSA) is 61.2 Å². The van der Waals surface area contributed by atoms with E-state index in [1.165, 1.54) is 11.8 Å². The average molecular weight is 350 g/mol. The lowest BCUT2D eigenvalue weighted by molar-refractivity contribution is 0.0829. The molecular formula is C18H14N4O2S. The van der Waals surface area contributed by atoms with Gasteiger partial charge in [0.2, 0.25) is 5.16 Å². The minimum atomic E-state index is -0.320. The molecule has 0 saturated carbocycles. The van der Waals surface area contributed by atoms with E-state index in [1.807, 2.05) is 52.5 Å². The summed E-state index contributed by atoms with van der Waals surface area (Å²) in [7, 11) is 0. The lowest BCUT2D eigenvalue weighted by atomic mass is 10.2. The lowest BCUT2D eigenvalue weighted by Gasteiger charge is -2.27. The Morgan fingerprint density at radius 2 is 1.80 bits per heavy atom. The quantitative estimate of drug-likeness (QED) is 0.764. The fraction of sp³-hybridized carbons (Fsp3) is 0.111. The Morgan fingerprint density at radius 3 is 2.68 bits per heavy atom. The van der Waals surface area contributed by atoms with E-state index in [0.29, 0.717) is 12.4 Å². The van der Waals surface area contributed by atoms with Gasteiger partial charge < -0.3 is 9.47 Å². The van der Waals surface area contributed by atoms with Crippen LogP contribution in [0, 0.1) is 0 Å². The van der Waals surface area contributed by atoms with Crippen molar-refractivity contribution in [2.75, 3.05) is 12.0 Å². The van der Waals surface area contributed by atoms with E-state index in [2.05, 4.69) is 27.8 Å². The summed E-state index contributed by atoms with van der Waals surface area (Å²) < 4.78 is 13.7. The molecule has 1 atom stereocenters. The highest BCUT2D eigenvalue weighted by atomic mass is 32.2. The van der Waals surface area contributed by atoms with Gasteiger partial charge in [-0.25, -0.2) is 4.68 Å². The van der Waals surface area contributed by atoms with E-state index in [1.54, 1.807) is 0 Å². The molecule has 0 aliphatic carbocycles. The second-order valence-electron chi connectivity index (χ2n) is 5.67. The van der Waals surface area contributed by atoms with Crippen LogP contribution in [0.5, 0.6) is 11.5 Å². The maximum absolute atomic E-state index is 6.07. The zero-order valence-electron chi connectivity index (χ0n) is 13.1. The highest BCUT2D eigenvalue weighted by molar-refractivity contribution is 8.02. The Balaban J connectivity index is 1.45. The number of rotatable bonds is 2. The second-order valence-corrected chi connectivity index (χ2v) is 6.50. The third-order valence-electron chi connectivity index (χ3n) is 4.05. The van der Waals surface area contributed by atoms with Crippen LogP contribution in [0.25, 0.3) is 5.70 Å². The number of fused-ring (bicyclic) bond motifs is 2. The van der Waals surface area contributed by atoms with E-state index < -0.39 is 0 Å². The number of thioether (sulfide) groups is 1. The van der Waals surface area contributed by atoms with Crippen LogP contribution in [0.1, 0.15) is 17.5 Å². The second kappa shape index (κ2) is 5.86. The predicted molar refractivity (Wildman–Crippen MR) is 95.0 cm³/mol. The van der Waals surface area contributed by atoms with E-state index in [-0.39, 0.29) is 6.10 Å². The maximum atomic E-state index is 6.07. The summed E-state index contributed by atoms with van der Waals surface area (Å²) in [6.07, 6.45) is -0.320. The highest BCUT2D eigenvalue weighted by Crippen LogP contribution is 2.37. The van der Waals surface area contributed by atoms with Crippen LogP contribution in [0.3, 0.4) is 0 Å². The Bertz CT molecular complexity index is 955. The number of hydrogen-bond acceptors (Lipinski definition) is 6. The van der Waals surface area contributed by atoms with Gasteiger partial charge in [-0.2, -0.15) is 0 Å². The Hall–Kier alpha value is -2.93. The normalized spacial score (nSPS) is 18.1. The Morgan fingerprint density at radius 1 is 1.00 bits per heavy atom. The maximum Gasteiger partial charge on any atom is 0.214 e. The number of aromatic nitrogens is 3. The van der Waals surface area contributed by atoms with Crippen LogP contribution in [0.15, 0.2) is 65.2 Å². The first kappa shape index (κ1) is 14.4. The minimum Gasteiger partial charge on any atom is -0.485 e. The molecule has 0 unspecified atom stereocenters. The van der Waals surface area contributed by atoms with E-state index in [9.17, 15) is 0 Å². The molecule has 2 aromatic carbocycles. The van der Waals surface area contributed by atoms with Gasteiger partial charge in [0, 0.05) is 5.41 Å². The van der Waals surface area contributed by atoms with Gasteiger partial charge in [-0.3, -0.25) is 5.43 Å². The molecule has 3 heterocycles. The van der Waals surface area contributed by atoms with Gasteiger partial charge in [0.1, 0.15) is 6.61 Å². The monoisotopic (exact) mass is 350 g/mol. The van der Waals surface area contributed by atoms with Crippen molar-refractivity contribution in [3.05, 3.63) is 71.4 Å². The first-order chi connectivity index (χ1) is 12.4. The van der Waals surface area contributed by atoms with Crippen molar-refractivity contribution >= 4 is 17.5 Å². The number of nitrogens with zero attached hydrogens (tertiary/aromatic N) is 3. The summed E-state index contributed by atoms with van der Waals surface area (Å²) in [4.78, 5) is 0. The smallest absolute Gasteiger partial charge is 0.214 e.